The van der Waals surface area contributed by atoms with Crippen LogP contribution in [0.1, 0.15) is 38.5 Å². The Balaban J connectivity index is 0. The third kappa shape index (κ3) is 21.3. The van der Waals surface area contributed by atoms with E-state index in [0.717, 1.165) is 26.7 Å². The predicted molar refractivity (Wildman–Crippen MR) is 97.3 cm³/mol. The lowest BCUT2D eigenvalue weighted by molar-refractivity contribution is -0.118. The van der Waals surface area contributed by atoms with E-state index in [9.17, 15) is 9.59 Å². The maximum absolute atomic E-state index is 10.4. The molecule has 7 nitrogen and oxygen atoms in total. The van der Waals surface area contributed by atoms with E-state index in [4.69, 9.17) is 16.6 Å². The number of amides is 2. The van der Waals surface area contributed by atoms with Crippen LogP contribution >= 0.6 is 15.9 Å². The van der Waals surface area contributed by atoms with Gasteiger partial charge in [0.05, 0.1) is 0 Å². The van der Waals surface area contributed by atoms with Gasteiger partial charge in [0.15, 0.2) is 0 Å². The second-order valence-electron chi connectivity index (χ2n) is 5.13. The molecule has 0 spiro atoms. The molecular weight excluding hydrogens is 364 g/mol. The fourth-order valence-electron chi connectivity index (χ4n) is 1.99. The molecule has 0 unspecified atom stereocenters. The number of nitrogens with one attached hydrogen (secondary N) is 1. The smallest absolute Gasteiger partial charge is 0.218 e. The Kier molecular flexibility index (Phi) is 20.7. The molecule has 0 aliphatic carbocycles. The Labute approximate surface area is 148 Å². The molecule has 2 aliphatic rings. The number of carbonyl (C=O) groups is 2. The number of aliphatic hydroxyl groups is 1. The molecule has 8 heteroatoms. The number of aliphatic hydroxyl groups excluding tert-OH is 1. The number of alkyl halides is 1. The van der Waals surface area contributed by atoms with E-state index in [-0.39, 0.29) is 11.8 Å². The van der Waals surface area contributed by atoms with E-state index < -0.39 is 0 Å². The summed E-state index contributed by atoms with van der Waals surface area (Å²) in [6, 6.07) is 0. The van der Waals surface area contributed by atoms with Gasteiger partial charge in [0.2, 0.25) is 11.8 Å². The highest BCUT2D eigenvalue weighted by molar-refractivity contribution is 9.09. The summed E-state index contributed by atoms with van der Waals surface area (Å²) in [6.45, 7) is 5.65. The lowest BCUT2D eigenvalue weighted by Gasteiger charge is -2.11. The minimum Gasteiger partial charge on any atom is -0.400 e. The Hall–Kier alpha value is -0.700. The second kappa shape index (κ2) is 19.3. The highest BCUT2D eigenvalue weighted by Gasteiger charge is 2.11. The summed E-state index contributed by atoms with van der Waals surface area (Å²) in [5.41, 5.74) is 9.74. The molecule has 0 atom stereocenters. The monoisotopic (exact) mass is 396 g/mol. The van der Waals surface area contributed by atoms with Crippen molar-refractivity contribution in [1.82, 2.24) is 10.2 Å². The van der Waals surface area contributed by atoms with Crippen LogP contribution in [0.4, 0.5) is 0 Å². The normalized spacial score (nSPS) is 16.1. The fourth-order valence-corrected chi connectivity index (χ4v) is 2.38. The third-order valence-corrected chi connectivity index (χ3v) is 3.57. The number of primary amides is 2. The molecule has 0 aromatic carbocycles. The van der Waals surface area contributed by atoms with Gasteiger partial charge in [-0.2, -0.15) is 0 Å². The summed E-state index contributed by atoms with van der Waals surface area (Å²) < 4.78 is 0. The van der Waals surface area contributed by atoms with Crippen molar-refractivity contribution < 1.29 is 14.7 Å². The minimum atomic E-state index is -0.258. The number of rotatable bonds is 5. The van der Waals surface area contributed by atoms with Gasteiger partial charge in [-0.05, 0) is 51.9 Å². The van der Waals surface area contributed by atoms with Gasteiger partial charge in [-0.1, -0.05) is 15.9 Å². The van der Waals surface area contributed by atoms with Gasteiger partial charge in [-0.3, -0.25) is 9.59 Å². The molecular formula is C15H33BrN4O3. The first-order valence-electron chi connectivity index (χ1n) is 8.06. The summed E-state index contributed by atoms with van der Waals surface area (Å²) in [6.07, 6.45) is 6.28. The largest absolute Gasteiger partial charge is 0.400 e. The van der Waals surface area contributed by atoms with Crippen LogP contribution in [0.3, 0.4) is 0 Å². The van der Waals surface area contributed by atoms with Gasteiger partial charge in [0.25, 0.3) is 0 Å². The van der Waals surface area contributed by atoms with Crippen molar-refractivity contribution in [2.45, 2.75) is 38.5 Å². The van der Waals surface area contributed by atoms with Gasteiger partial charge < -0.3 is 26.8 Å². The topological polar surface area (TPSA) is 122 Å². The highest BCUT2D eigenvalue weighted by atomic mass is 79.9. The molecule has 0 aromatic heterocycles. The Morgan fingerprint density at radius 1 is 1.00 bits per heavy atom. The molecule has 0 bridgehead atoms. The summed E-state index contributed by atoms with van der Waals surface area (Å²) in [7, 11) is 1.00. The number of carbonyl (C=O) groups excluding carboxylic acids is 2. The first-order chi connectivity index (χ1) is 11.1. The zero-order valence-electron chi connectivity index (χ0n) is 14.2. The Morgan fingerprint density at radius 2 is 1.48 bits per heavy atom. The summed E-state index contributed by atoms with van der Waals surface area (Å²) >= 11 is 3.05. The lowest BCUT2D eigenvalue weighted by Crippen LogP contribution is -2.25. The zero-order chi connectivity index (χ0) is 17.9. The molecule has 2 saturated heterocycles. The third-order valence-electron chi connectivity index (χ3n) is 3.17. The molecule has 2 rings (SSSR count). The predicted octanol–water partition coefficient (Wildman–Crippen LogP) is 0.193. The highest BCUT2D eigenvalue weighted by Crippen LogP contribution is 2.06. The van der Waals surface area contributed by atoms with Crippen LogP contribution < -0.4 is 16.8 Å². The molecule has 6 N–H and O–H groups in total. The summed E-state index contributed by atoms with van der Waals surface area (Å²) in [5.74, 6) is -0.446. The van der Waals surface area contributed by atoms with Crippen molar-refractivity contribution in [1.29, 1.82) is 0 Å². The van der Waals surface area contributed by atoms with Gasteiger partial charge in [0.1, 0.15) is 0 Å². The molecule has 23 heavy (non-hydrogen) atoms. The van der Waals surface area contributed by atoms with Crippen molar-refractivity contribution >= 4 is 27.7 Å². The average Bonchev–Trinajstić information content (AvgIpc) is 3.24. The van der Waals surface area contributed by atoms with Crippen molar-refractivity contribution in [3.63, 3.8) is 0 Å². The van der Waals surface area contributed by atoms with Crippen LogP contribution in [0.25, 0.3) is 0 Å². The van der Waals surface area contributed by atoms with Crippen molar-refractivity contribution in [3.05, 3.63) is 0 Å². The van der Waals surface area contributed by atoms with E-state index in [1.54, 1.807) is 0 Å². The molecule has 2 aliphatic heterocycles. The summed E-state index contributed by atoms with van der Waals surface area (Å²) in [4.78, 5) is 22.4. The lowest BCUT2D eigenvalue weighted by atomic mass is 10.4. The van der Waals surface area contributed by atoms with E-state index in [1.807, 2.05) is 0 Å². The summed E-state index contributed by atoms with van der Waals surface area (Å²) in [5, 5.41) is 10.9. The van der Waals surface area contributed by atoms with Crippen LogP contribution in [-0.4, -0.2) is 67.0 Å². The van der Waals surface area contributed by atoms with Crippen LogP contribution in [0, 0.1) is 0 Å². The molecule has 0 saturated carbocycles. The average molecular weight is 397 g/mol. The molecule has 0 radical (unpaired) electrons. The molecule has 2 fully saturated rings. The van der Waals surface area contributed by atoms with Gasteiger partial charge in [0, 0.05) is 31.8 Å². The molecule has 0 aromatic rings. The first-order valence-corrected chi connectivity index (χ1v) is 9.18. The molecule has 2 heterocycles. The van der Waals surface area contributed by atoms with Gasteiger partial charge in [-0.15, -0.1) is 0 Å². The zero-order valence-corrected chi connectivity index (χ0v) is 15.8. The van der Waals surface area contributed by atoms with E-state index in [0.29, 0.717) is 18.2 Å². The Bertz CT molecular complexity index is 276. The maximum Gasteiger partial charge on any atom is 0.218 e. The van der Waals surface area contributed by atoms with Crippen LogP contribution in [0.2, 0.25) is 0 Å². The Morgan fingerprint density at radius 3 is 1.74 bits per heavy atom. The van der Waals surface area contributed by atoms with Crippen molar-refractivity contribution in [2.24, 2.45) is 11.5 Å². The van der Waals surface area contributed by atoms with Crippen molar-refractivity contribution in [2.75, 3.05) is 45.2 Å². The fraction of sp³-hybridized carbons (Fsp3) is 0.867. The van der Waals surface area contributed by atoms with Crippen LogP contribution in [0.15, 0.2) is 0 Å². The quantitative estimate of drug-likeness (QED) is 0.494. The van der Waals surface area contributed by atoms with Crippen molar-refractivity contribution in [3.8, 4) is 0 Å². The SMILES string of the molecule is C1CCNC1.CO.NC(=O)CCBr.NC(=O)CCN1CCCC1. The number of likely N-dealkylation sites (tertiary alicyclic amines) is 1. The standard InChI is InChI=1S/C7H14N2O.C4H9N.C3H6BrNO.CH4O/c8-7(10)3-6-9-4-1-2-5-9;1-2-4-5-3-1;4-2-1-3(5)6;1-2/h1-6H2,(H2,8,10);5H,1-4H2;1-2H2,(H2,5,6);2H,1H3. The van der Waals surface area contributed by atoms with Crippen LogP contribution in [-0.2, 0) is 9.59 Å². The number of hydrogen-bond acceptors (Lipinski definition) is 5. The van der Waals surface area contributed by atoms with Gasteiger partial charge in [-0.25, -0.2) is 0 Å². The second-order valence-corrected chi connectivity index (χ2v) is 5.92. The molecule has 2 amide bonds. The first kappa shape index (κ1) is 24.6. The van der Waals surface area contributed by atoms with Gasteiger partial charge >= 0.3 is 0 Å². The molecule has 138 valence electrons. The number of halogens is 1. The van der Waals surface area contributed by atoms with E-state index in [2.05, 4.69) is 26.1 Å². The number of hydrogen-bond donors (Lipinski definition) is 4. The van der Waals surface area contributed by atoms with E-state index >= 15 is 0 Å². The minimum absolute atomic E-state index is 0.188. The van der Waals surface area contributed by atoms with Crippen LogP contribution in [0.5, 0.6) is 0 Å². The number of nitrogens with two attached hydrogens (primary N) is 2. The number of nitrogens with zero attached hydrogens (tertiary/aromatic N) is 1. The van der Waals surface area contributed by atoms with E-state index in [1.165, 1.54) is 38.8 Å². The maximum atomic E-state index is 10.4.